The molecule has 0 fully saturated rings. The predicted molar refractivity (Wildman–Crippen MR) is 81.6 cm³/mol. The first-order valence-corrected chi connectivity index (χ1v) is 8.26. The molecule has 0 heterocycles. The standard InChI is InChI=1S/C14H12Cl2FNO2S/c1-9(10-5-6-13(15)14(16)7-10)18-21(19,20)12-4-2-3-11(17)8-12/h2-9,18H,1H3. The Hall–Kier alpha value is -1.14. The lowest BCUT2D eigenvalue weighted by atomic mass is 10.1. The zero-order chi connectivity index (χ0) is 15.6. The van der Waals surface area contributed by atoms with Crippen molar-refractivity contribution in [3.63, 3.8) is 0 Å². The van der Waals surface area contributed by atoms with E-state index in [1.807, 2.05) is 0 Å². The Bertz CT molecular complexity index is 765. The Kier molecular flexibility index (Phi) is 4.88. The molecule has 2 aromatic carbocycles. The minimum Gasteiger partial charge on any atom is -0.207 e. The molecule has 0 radical (unpaired) electrons. The second-order valence-electron chi connectivity index (χ2n) is 4.47. The molecule has 112 valence electrons. The van der Waals surface area contributed by atoms with Crippen LogP contribution in [0.1, 0.15) is 18.5 Å². The third-order valence-electron chi connectivity index (χ3n) is 2.88. The number of sulfonamides is 1. The minimum atomic E-state index is -3.82. The molecule has 0 saturated carbocycles. The molecule has 0 bridgehead atoms. The summed E-state index contributed by atoms with van der Waals surface area (Å²) in [6.45, 7) is 1.66. The van der Waals surface area contributed by atoms with E-state index in [9.17, 15) is 12.8 Å². The summed E-state index contributed by atoms with van der Waals surface area (Å²) >= 11 is 11.7. The first-order chi connectivity index (χ1) is 9.79. The number of halogens is 3. The van der Waals surface area contributed by atoms with Gasteiger partial charge in [0.1, 0.15) is 5.82 Å². The van der Waals surface area contributed by atoms with Crippen LogP contribution in [0.5, 0.6) is 0 Å². The Morgan fingerprint density at radius 2 is 1.81 bits per heavy atom. The molecule has 2 aromatic rings. The Labute approximate surface area is 132 Å². The molecule has 1 unspecified atom stereocenters. The van der Waals surface area contributed by atoms with E-state index in [-0.39, 0.29) is 4.90 Å². The van der Waals surface area contributed by atoms with Crippen molar-refractivity contribution in [3.8, 4) is 0 Å². The maximum atomic E-state index is 13.1. The highest BCUT2D eigenvalue weighted by atomic mass is 35.5. The lowest BCUT2D eigenvalue weighted by Crippen LogP contribution is -2.27. The molecular weight excluding hydrogens is 336 g/mol. The highest BCUT2D eigenvalue weighted by Gasteiger charge is 2.19. The van der Waals surface area contributed by atoms with Gasteiger partial charge in [-0.1, -0.05) is 35.3 Å². The van der Waals surface area contributed by atoms with Crippen molar-refractivity contribution in [1.29, 1.82) is 0 Å². The maximum absolute atomic E-state index is 13.1. The van der Waals surface area contributed by atoms with Gasteiger partial charge in [0.05, 0.1) is 14.9 Å². The first kappa shape index (κ1) is 16.2. The normalized spacial score (nSPS) is 13.1. The van der Waals surface area contributed by atoms with Crippen LogP contribution in [-0.2, 0) is 10.0 Å². The molecule has 1 atom stereocenters. The van der Waals surface area contributed by atoms with Crippen LogP contribution < -0.4 is 4.72 Å². The molecule has 0 aliphatic rings. The van der Waals surface area contributed by atoms with Gasteiger partial charge in [0.15, 0.2) is 0 Å². The lowest BCUT2D eigenvalue weighted by Gasteiger charge is -2.15. The second-order valence-corrected chi connectivity index (χ2v) is 7.00. The SMILES string of the molecule is CC(NS(=O)(=O)c1cccc(F)c1)c1ccc(Cl)c(Cl)c1. The summed E-state index contributed by atoms with van der Waals surface area (Å²) in [5.41, 5.74) is 0.657. The third kappa shape index (κ3) is 3.95. The summed E-state index contributed by atoms with van der Waals surface area (Å²) in [6, 6.07) is 9.13. The molecule has 7 heteroatoms. The zero-order valence-electron chi connectivity index (χ0n) is 11.0. The van der Waals surface area contributed by atoms with E-state index in [1.54, 1.807) is 25.1 Å². The van der Waals surface area contributed by atoms with Gasteiger partial charge in [-0.05, 0) is 42.8 Å². The van der Waals surface area contributed by atoms with Crippen LogP contribution in [-0.4, -0.2) is 8.42 Å². The van der Waals surface area contributed by atoms with Crippen LogP contribution in [0.25, 0.3) is 0 Å². The second kappa shape index (κ2) is 6.32. The summed E-state index contributed by atoms with van der Waals surface area (Å²) in [6.07, 6.45) is 0. The Balaban J connectivity index is 2.25. The topological polar surface area (TPSA) is 46.2 Å². The molecule has 0 amide bonds. The van der Waals surface area contributed by atoms with Crippen molar-refractivity contribution in [2.75, 3.05) is 0 Å². The van der Waals surface area contributed by atoms with Gasteiger partial charge in [-0.15, -0.1) is 0 Å². The summed E-state index contributed by atoms with van der Waals surface area (Å²) in [5, 5.41) is 0.728. The van der Waals surface area contributed by atoms with Crippen LogP contribution in [0.2, 0.25) is 10.0 Å². The summed E-state index contributed by atoms with van der Waals surface area (Å²) < 4.78 is 40.0. The quantitative estimate of drug-likeness (QED) is 0.901. The van der Waals surface area contributed by atoms with Gasteiger partial charge in [0.2, 0.25) is 10.0 Å². The maximum Gasteiger partial charge on any atom is 0.241 e. The minimum absolute atomic E-state index is 0.130. The molecule has 0 saturated heterocycles. The van der Waals surface area contributed by atoms with Gasteiger partial charge >= 0.3 is 0 Å². The summed E-state index contributed by atoms with van der Waals surface area (Å²) in [7, 11) is -3.82. The van der Waals surface area contributed by atoms with E-state index >= 15 is 0 Å². The van der Waals surface area contributed by atoms with E-state index in [0.29, 0.717) is 15.6 Å². The highest BCUT2D eigenvalue weighted by Crippen LogP contribution is 2.26. The highest BCUT2D eigenvalue weighted by molar-refractivity contribution is 7.89. The van der Waals surface area contributed by atoms with Crippen molar-refractivity contribution in [2.24, 2.45) is 0 Å². The number of nitrogens with one attached hydrogen (secondary N) is 1. The predicted octanol–water partition coefficient (Wildman–Crippen LogP) is 4.17. The zero-order valence-corrected chi connectivity index (χ0v) is 13.3. The van der Waals surface area contributed by atoms with Gasteiger partial charge in [-0.3, -0.25) is 0 Å². The first-order valence-electron chi connectivity index (χ1n) is 6.02. The smallest absolute Gasteiger partial charge is 0.207 e. The van der Waals surface area contributed by atoms with Crippen molar-refractivity contribution in [3.05, 3.63) is 63.9 Å². The van der Waals surface area contributed by atoms with Crippen molar-refractivity contribution in [2.45, 2.75) is 17.9 Å². The van der Waals surface area contributed by atoms with Crippen LogP contribution in [0.3, 0.4) is 0 Å². The van der Waals surface area contributed by atoms with Gasteiger partial charge in [-0.2, -0.15) is 0 Å². The van der Waals surface area contributed by atoms with Crippen molar-refractivity contribution < 1.29 is 12.8 Å². The largest absolute Gasteiger partial charge is 0.241 e. The Morgan fingerprint density at radius 3 is 2.43 bits per heavy atom. The number of hydrogen-bond acceptors (Lipinski definition) is 2. The average Bonchev–Trinajstić information content (AvgIpc) is 2.41. The number of hydrogen-bond donors (Lipinski definition) is 1. The summed E-state index contributed by atoms with van der Waals surface area (Å²) in [4.78, 5) is -0.130. The fraction of sp³-hybridized carbons (Fsp3) is 0.143. The molecule has 3 nitrogen and oxygen atoms in total. The van der Waals surface area contributed by atoms with E-state index in [0.717, 1.165) is 6.07 Å². The van der Waals surface area contributed by atoms with Gasteiger partial charge < -0.3 is 0 Å². The molecule has 1 N–H and O–H groups in total. The fourth-order valence-electron chi connectivity index (χ4n) is 1.78. The van der Waals surface area contributed by atoms with E-state index in [2.05, 4.69) is 4.72 Å². The molecule has 0 aliphatic carbocycles. The van der Waals surface area contributed by atoms with Crippen LogP contribution in [0, 0.1) is 5.82 Å². The van der Waals surface area contributed by atoms with E-state index in [4.69, 9.17) is 23.2 Å². The Morgan fingerprint density at radius 1 is 1.10 bits per heavy atom. The lowest BCUT2D eigenvalue weighted by molar-refractivity contribution is 0.564. The van der Waals surface area contributed by atoms with Crippen LogP contribution >= 0.6 is 23.2 Å². The van der Waals surface area contributed by atoms with Crippen LogP contribution in [0.4, 0.5) is 4.39 Å². The summed E-state index contributed by atoms with van der Waals surface area (Å²) in [5.74, 6) is -0.611. The van der Waals surface area contributed by atoms with Crippen LogP contribution in [0.15, 0.2) is 47.4 Å². The van der Waals surface area contributed by atoms with Gasteiger partial charge in [0.25, 0.3) is 0 Å². The van der Waals surface area contributed by atoms with E-state index < -0.39 is 21.9 Å². The average molecular weight is 348 g/mol. The monoisotopic (exact) mass is 347 g/mol. The third-order valence-corrected chi connectivity index (χ3v) is 5.16. The number of benzene rings is 2. The fourth-order valence-corrected chi connectivity index (χ4v) is 3.35. The molecule has 0 aliphatic heterocycles. The van der Waals surface area contributed by atoms with Crippen molar-refractivity contribution >= 4 is 33.2 Å². The molecule has 0 spiro atoms. The molecule has 0 aromatic heterocycles. The molecular formula is C14H12Cl2FNO2S. The van der Waals surface area contributed by atoms with Gasteiger partial charge in [-0.25, -0.2) is 17.5 Å². The molecule has 2 rings (SSSR count). The number of rotatable bonds is 4. The van der Waals surface area contributed by atoms with E-state index in [1.165, 1.54) is 18.2 Å². The molecule has 21 heavy (non-hydrogen) atoms. The van der Waals surface area contributed by atoms with Crippen molar-refractivity contribution in [1.82, 2.24) is 4.72 Å². The van der Waals surface area contributed by atoms with Gasteiger partial charge in [0, 0.05) is 6.04 Å².